The average molecular weight is 266 g/mol. The molecule has 0 spiro atoms. The van der Waals surface area contributed by atoms with Crippen molar-refractivity contribution in [3.63, 3.8) is 0 Å². The second-order valence-corrected chi connectivity index (χ2v) is 4.57. The molecule has 104 valence electrons. The zero-order valence-corrected chi connectivity index (χ0v) is 11.1. The van der Waals surface area contributed by atoms with Crippen LogP contribution >= 0.6 is 0 Å². The van der Waals surface area contributed by atoms with Crippen LogP contribution in [0.15, 0.2) is 24.3 Å². The summed E-state index contributed by atoms with van der Waals surface area (Å²) in [7, 11) is 0. The standard InChI is InChI=1S/C14H19FN2O2/c1-2-7-16-14(18)17-8-9-19-10-13(17)11-3-5-12(15)6-4-11/h3-6,13H,2,7-10H2,1H3,(H,16,18). The van der Waals surface area contributed by atoms with E-state index in [9.17, 15) is 9.18 Å². The lowest BCUT2D eigenvalue weighted by Crippen LogP contribution is -2.48. The number of ether oxygens (including phenoxy) is 1. The monoisotopic (exact) mass is 266 g/mol. The second kappa shape index (κ2) is 6.52. The van der Waals surface area contributed by atoms with E-state index >= 15 is 0 Å². The Morgan fingerprint density at radius 1 is 1.47 bits per heavy atom. The maximum absolute atomic E-state index is 13.0. The Morgan fingerprint density at radius 2 is 2.21 bits per heavy atom. The minimum Gasteiger partial charge on any atom is -0.377 e. The van der Waals surface area contributed by atoms with Crippen LogP contribution in [0.3, 0.4) is 0 Å². The lowest BCUT2D eigenvalue weighted by atomic mass is 10.1. The Bertz CT molecular complexity index is 422. The van der Waals surface area contributed by atoms with Gasteiger partial charge < -0.3 is 15.0 Å². The van der Waals surface area contributed by atoms with E-state index in [0.717, 1.165) is 12.0 Å². The number of benzene rings is 1. The maximum atomic E-state index is 13.0. The summed E-state index contributed by atoms with van der Waals surface area (Å²) in [6, 6.07) is 5.99. The molecule has 2 rings (SSSR count). The zero-order valence-electron chi connectivity index (χ0n) is 11.1. The summed E-state index contributed by atoms with van der Waals surface area (Å²) < 4.78 is 18.4. The molecule has 5 heteroatoms. The van der Waals surface area contributed by atoms with Crippen LogP contribution in [0.25, 0.3) is 0 Å². The molecular formula is C14H19FN2O2. The molecule has 1 aliphatic heterocycles. The molecular weight excluding hydrogens is 247 g/mol. The molecule has 0 aliphatic carbocycles. The number of amides is 2. The van der Waals surface area contributed by atoms with E-state index in [1.54, 1.807) is 17.0 Å². The third-order valence-corrected chi connectivity index (χ3v) is 3.17. The number of carbonyl (C=O) groups excluding carboxylic acids is 1. The summed E-state index contributed by atoms with van der Waals surface area (Å²) in [5.74, 6) is -0.275. The number of halogens is 1. The predicted octanol–water partition coefficient (Wildman–Crippen LogP) is 2.32. The molecule has 4 nitrogen and oxygen atoms in total. The highest BCUT2D eigenvalue weighted by atomic mass is 19.1. The molecule has 1 aromatic rings. The van der Waals surface area contributed by atoms with Gasteiger partial charge in [0.1, 0.15) is 5.82 Å². The van der Waals surface area contributed by atoms with Crippen LogP contribution in [0.1, 0.15) is 24.9 Å². The summed E-state index contributed by atoms with van der Waals surface area (Å²) in [6.45, 7) is 4.21. The molecule has 1 N–H and O–H groups in total. The SMILES string of the molecule is CCCNC(=O)N1CCOCC1c1ccc(F)cc1. The molecule has 0 aromatic heterocycles. The number of rotatable bonds is 3. The normalized spacial score (nSPS) is 19.3. The number of hydrogen-bond donors (Lipinski definition) is 1. The number of carbonyl (C=O) groups is 1. The Balaban J connectivity index is 2.11. The smallest absolute Gasteiger partial charge is 0.318 e. The predicted molar refractivity (Wildman–Crippen MR) is 70.4 cm³/mol. The minimum atomic E-state index is -0.275. The van der Waals surface area contributed by atoms with Crippen molar-refractivity contribution in [3.8, 4) is 0 Å². The van der Waals surface area contributed by atoms with Crippen LogP contribution in [0.2, 0.25) is 0 Å². The van der Waals surface area contributed by atoms with E-state index in [1.807, 2.05) is 6.92 Å². The third-order valence-electron chi connectivity index (χ3n) is 3.17. The van der Waals surface area contributed by atoms with Gasteiger partial charge in [-0.25, -0.2) is 9.18 Å². The van der Waals surface area contributed by atoms with E-state index in [-0.39, 0.29) is 17.9 Å². The van der Waals surface area contributed by atoms with E-state index < -0.39 is 0 Å². The summed E-state index contributed by atoms with van der Waals surface area (Å²) in [5, 5.41) is 2.87. The fraction of sp³-hybridized carbons (Fsp3) is 0.500. The van der Waals surface area contributed by atoms with E-state index in [2.05, 4.69) is 5.32 Å². The Kier molecular flexibility index (Phi) is 4.74. The number of urea groups is 1. The van der Waals surface area contributed by atoms with Crippen molar-refractivity contribution < 1.29 is 13.9 Å². The van der Waals surface area contributed by atoms with Gasteiger partial charge in [-0.3, -0.25) is 0 Å². The van der Waals surface area contributed by atoms with Gasteiger partial charge in [-0.2, -0.15) is 0 Å². The molecule has 0 radical (unpaired) electrons. The fourth-order valence-electron chi connectivity index (χ4n) is 2.14. The first kappa shape index (κ1) is 13.8. The summed E-state index contributed by atoms with van der Waals surface area (Å²) in [6.07, 6.45) is 0.900. The largest absolute Gasteiger partial charge is 0.377 e. The minimum absolute atomic E-state index is 0.0838. The molecule has 1 saturated heterocycles. The molecule has 19 heavy (non-hydrogen) atoms. The molecule has 1 fully saturated rings. The van der Waals surface area contributed by atoms with Crippen LogP contribution in [0.5, 0.6) is 0 Å². The molecule has 1 atom stereocenters. The Labute approximate surface area is 112 Å². The second-order valence-electron chi connectivity index (χ2n) is 4.57. The average Bonchev–Trinajstić information content (AvgIpc) is 2.45. The molecule has 0 bridgehead atoms. The lowest BCUT2D eigenvalue weighted by Gasteiger charge is -2.35. The first-order chi connectivity index (χ1) is 9.22. The van der Waals surface area contributed by atoms with Gasteiger partial charge in [0.15, 0.2) is 0 Å². The highest BCUT2D eigenvalue weighted by Crippen LogP contribution is 2.24. The highest BCUT2D eigenvalue weighted by molar-refractivity contribution is 5.74. The van der Waals surface area contributed by atoms with Crippen molar-refractivity contribution in [2.24, 2.45) is 0 Å². The van der Waals surface area contributed by atoms with E-state index in [4.69, 9.17) is 4.74 Å². The van der Waals surface area contributed by atoms with E-state index in [1.165, 1.54) is 12.1 Å². The quantitative estimate of drug-likeness (QED) is 0.912. The molecule has 1 aromatic carbocycles. The number of morpholine rings is 1. The molecule has 1 aliphatic rings. The van der Waals surface area contributed by atoms with Gasteiger partial charge in [0.25, 0.3) is 0 Å². The Morgan fingerprint density at radius 3 is 2.89 bits per heavy atom. The Hall–Kier alpha value is -1.62. The van der Waals surface area contributed by atoms with Crippen LogP contribution < -0.4 is 5.32 Å². The van der Waals surface area contributed by atoms with E-state index in [0.29, 0.717) is 26.3 Å². The van der Waals surface area contributed by atoms with Crippen molar-refractivity contribution in [2.75, 3.05) is 26.3 Å². The van der Waals surface area contributed by atoms with Crippen molar-refractivity contribution in [3.05, 3.63) is 35.6 Å². The van der Waals surface area contributed by atoms with Crippen molar-refractivity contribution >= 4 is 6.03 Å². The van der Waals surface area contributed by atoms with Gasteiger partial charge in [-0.1, -0.05) is 19.1 Å². The van der Waals surface area contributed by atoms with Gasteiger partial charge in [0.2, 0.25) is 0 Å². The van der Waals surface area contributed by atoms with Crippen molar-refractivity contribution in [2.45, 2.75) is 19.4 Å². The van der Waals surface area contributed by atoms with Crippen LogP contribution in [-0.2, 0) is 4.74 Å². The third kappa shape index (κ3) is 3.44. The number of nitrogens with zero attached hydrogens (tertiary/aromatic N) is 1. The molecule has 1 heterocycles. The lowest BCUT2D eigenvalue weighted by molar-refractivity contribution is 0.0117. The first-order valence-corrected chi connectivity index (χ1v) is 6.60. The molecule has 1 unspecified atom stereocenters. The van der Waals surface area contributed by atoms with Gasteiger partial charge in [-0.15, -0.1) is 0 Å². The first-order valence-electron chi connectivity index (χ1n) is 6.60. The van der Waals surface area contributed by atoms with Gasteiger partial charge in [0, 0.05) is 13.1 Å². The topological polar surface area (TPSA) is 41.6 Å². The number of hydrogen-bond acceptors (Lipinski definition) is 2. The zero-order chi connectivity index (χ0) is 13.7. The molecule has 0 saturated carbocycles. The highest BCUT2D eigenvalue weighted by Gasteiger charge is 2.28. The van der Waals surface area contributed by atoms with Gasteiger partial charge in [-0.05, 0) is 24.1 Å². The van der Waals surface area contributed by atoms with Crippen molar-refractivity contribution in [1.82, 2.24) is 10.2 Å². The van der Waals surface area contributed by atoms with Gasteiger partial charge in [0.05, 0.1) is 19.3 Å². The van der Waals surface area contributed by atoms with Crippen molar-refractivity contribution in [1.29, 1.82) is 0 Å². The van der Waals surface area contributed by atoms with Gasteiger partial charge >= 0.3 is 6.03 Å². The van der Waals surface area contributed by atoms with Crippen LogP contribution in [0.4, 0.5) is 9.18 Å². The molecule has 2 amide bonds. The fourth-order valence-corrected chi connectivity index (χ4v) is 2.14. The van der Waals surface area contributed by atoms with Crippen LogP contribution in [0, 0.1) is 5.82 Å². The van der Waals surface area contributed by atoms with Crippen LogP contribution in [-0.4, -0.2) is 37.2 Å². The summed E-state index contributed by atoms with van der Waals surface area (Å²) in [5.41, 5.74) is 0.896. The summed E-state index contributed by atoms with van der Waals surface area (Å²) in [4.78, 5) is 13.8. The number of nitrogens with one attached hydrogen (secondary N) is 1. The maximum Gasteiger partial charge on any atom is 0.318 e. The summed E-state index contributed by atoms with van der Waals surface area (Å²) >= 11 is 0.